The number of hydrogen-bond acceptors (Lipinski definition) is 5. The molecule has 0 bridgehead atoms. The highest BCUT2D eigenvalue weighted by atomic mass is 127. The molecule has 182 valence electrons. The number of halogens is 1. The van der Waals surface area contributed by atoms with Crippen LogP contribution >= 0.6 is 22.6 Å². The predicted molar refractivity (Wildman–Crippen MR) is 142 cm³/mol. The van der Waals surface area contributed by atoms with Gasteiger partial charge in [0.1, 0.15) is 18.1 Å². The number of carbonyl (C=O) groups is 2. The van der Waals surface area contributed by atoms with Crippen LogP contribution in [0.4, 0.5) is 0 Å². The summed E-state index contributed by atoms with van der Waals surface area (Å²) < 4.78 is 19.0. The van der Waals surface area contributed by atoms with E-state index in [4.69, 9.17) is 14.2 Å². The highest BCUT2D eigenvalue weighted by Crippen LogP contribution is 2.49. The van der Waals surface area contributed by atoms with Gasteiger partial charge in [-0.3, -0.25) is 9.59 Å². The summed E-state index contributed by atoms with van der Waals surface area (Å²) in [5.41, 5.74) is 5.73. The van der Waals surface area contributed by atoms with E-state index in [9.17, 15) is 9.59 Å². The van der Waals surface area contributed by atoms with Gasteiger partial charge >= 0.3 is 0 Å². The van der Waals surface area contributed by atoms with Crippen molar-refractivity contribution in [3.8, 4) is 11.5 Å². The van der Waals surface area contributed by atoms with Crippen LogP contribution in [-0.2, 0) is 20.9 Å². The Kier molecular flexibility index (Phi) is 6.75. The van der Waals surface area contributed by atoms with Gasteiger partial charge in [0, 0.05) is 42.7 Å². The fourth-order valence-electron chi connectivity index (χ4n) is 5.25. The Hall–Kier alpha value is -2.61. The molecule has 3 aliphatic rings. The minimum Gasteiger partial charge on any atom is -0.493 e. The fraction of sp³-hybridized carbons (Fsp3) is 0.379. The number of ketones is 2. The standard InChI is InChI=1S/C29H29IO5/c1-16-10-11-18(12-17(16)2)15-34-29-20(30)13-19(14-25(29)33-3)26-27-21(31)6-4-8-23(27)35-24-9-5-7-22(32)28(24)26/h10-14,26H,4-9,15H2,1-3H3. The molecule has 0 fully saturated rings. The summed E-state index contributed by atoms with van der Waals surface area (Å²) in [6, 6.07) is 10.3. The monoisotopic (exact) mass is 584 g/mol. The van der Waals surface area contributed by atoms with Crippen molar-refractivity contribution >= 4 is 34.2 Å². The molecular weight excluding hydrogens is 555 g/mol. The van der Waals surface area contributed by atoms with E-state index in [1.165, 1.54) is 11.1 Å². The predicted octanol–water partition coefficient (Wildman–Crippen LogP) is 6.62. The first kappa shape index (κ1) is 24.1. The molecular formula is C29H29IO5. The van der Waals surface area contributed by atoms with E-state index in [-0.39, 0.29) is 11.6 Å². The average Bonchev–Trinajstić information content (AvgIpc) is 2.84. The minimum absolute atomic E-state index is 0.0743. The number of Topliss-reactive ketones (excluding diaryl/α,β-unsaturated/α-hetero) is 2. The van der Waals surface area contributed by atoms with Gasteiger partial charge in [-0.25, -0.2) is 0 Å². The minimum atomic E-state index is -0.412. The van der Waals surface area contributed by atoms with Crippen molar-refractivity contribution in [2.45, 2.75) is 64.9 Å². The van der Waals surface area contributed by atoms with Crippen molar-refractivity contribution < 1.29 is 23.8 Å². The maximum absolute atomic E-state index is 13.1. The van der Waals surface area contributed by atoms with Gasteiger partial charge in [0.2, 0.25) is 0 Å². The van der Waals surface area contributed by atoms with Crippen molar-refractivity contribution in [3.05, 3.63) is 78.8 Å². The molecule has 0 atom stereocenters. The maximum Gasteiger partial charge on any atom is 0.174 e. The fourth-order valence-corrected chi connectivity index (χ4v) is 6.03. The number of carbonyl (C=O) groups excluding carboxylic acids is 2. The van der Waals surface area contributed by atoms with Gasteiger partial charge in [0.05, 0.1) is 10.7 Å². The van der Waals surface area contributed by atoms with Crippen LogP contribution in [0.15, 0.2) is 53.0 Å². The second kappa shape index (κ2) is 9.80. The van der Waals surface area contributed by atoms with Crippen LogP contribution < -0.4 is 9.47 Å². The first-order valence-corrected chi connectivity index (χ1v) is 13.2. The molecule has 2 aromatic carbocycles. The van der Waals surface area contributed by atoms with E-state index in [0.717, 1.165) is 51.9 Å². The largest absolute Gasteiger partial charge is 0.493 e. The maximum atomic E-state index is 13.1. The van der Waals surface area contributed by atoms with Gasteiger partial charge in [0.15, 0.2) is 23.1 Å². The average molecular weight is 584 g/mol. The Morgan fingerprint density at radius 3 is 2.17 bits per heavy atom. The molecule has 0 aromatic heterocycles. The lowest BCUT2D eigenvalue weighted by Gasteiger charge is -2.36. The number of allylic oxidation sites excluding steroid dienone is 4. The Balaban J connectivity index is 1.54. The quantitative estimate of drug-likeness (QED) is 0.370. The summed E-state index contributed by atoms with van der Waals surface area (Å²) in [4.78, 5) is 26.2. The molecule has 0 N–H and O–H groups in total. The van der Waals surface area contributed by atoms with E-state index in [2.05, 4.69) is 54.6 Å². The highest BCUT2D eigenvalue weighted by molar-refractivity contribution is 14.1. The second-order valence-electron chi connectivity index (χ2n) is 9.50. The van der Waals surface area contributed by atoms with E-state index >= 15 is 0 Å². The molecule has 5 nitrogen and oxygen atoms in total. The van der Waals surface area contributed by atoms with E-state index in [1.54, 1.807) is 7.11 Å². The van der Waals surface area contributed by atoms with Crippen molar-refractivity contribution in [2.24, 2.45) is 0 Å². The SMILES string of the molecule is COc1cc(C2C3=C(CCCC3=O)OC3=C2C(=O)CCC3)cc(I)c1OCc1ccc(C)c(C)c1. The molecule has 0 saturated heterocycles. The lowest BCUT2D eigenvalue weighted by Crippen LogP contribution is -2.30. The van der Waals surface area contributed by atoms with Crippen molar-refractivity contribution in [3.63, 3.8) is 0 Å². The zero-order chi connectivity index (χ0) is 24.7. The molecule has 6 heteroatoms. The van der Waals surface area contributed by atoms with Gasteiger partial charge in [-0.2, -0.15) is 0 Å². The normalized spacial score (nSPS) is 18.3. The lowest BCUT2D eigenvalue weighted by atomic mass is 9.73. The van der Waals surface area contributed by atoms with Crippen LogP contribution in [0.2, 0.25) is 0 Å². The lowest BCUT2D eigenvalue weighted by molar-refractivity contribution is -0.117. The third-order valence-electron chi connectivity index (χ3n) is 7.18. The van der Waals surface area contributed by atoms with Crippen LogP contribution in [0.1, 0.15) is 66.7 Å². The summed E-state index contributed by atoms with van der Waals surface area (Å²) in [7, 11) is 1.62. The van der Waals surface area contributed by atoms with E-state index in [1.807, 2.05) is 12.1 Å². The third-order valence-corrected chi connectivity index (χ3v) is 7.98. The molecule has 2 aliphatic carbocycles. The number of rotatable bonds is 5. The zero-order valence-electron chi connectivity index (χ0n) is 20.3. The summed E-state index contributed by atoms with van der Waals surface area (Å²) in [5, 5.41) is 0. The summed E-state index contributed by atoms with van der Waals surface area (Å²) >= 11 is 2.25. The number of benzene rings is 2. The molecule has 0 saturated carbocycles. The summed E-state index contributed by atoms with van der Waals surface area (Å²) in [6.07, 6.45) is 4.00. The number of ether oxygens (including phenoxy) is 3. The van der Waals surface area contributed by atoms with Crippen LogP contribution in [-0.4, -0.2) is 18.7 Å². The van der Waals surface area contributed by atoms with Gasteiger partial charge in [-0.1, -0.05) is 18.2 Å². The van der Waals surface area contributed by atoms with Crippen molar-refractivity contribution in [2.75, 3.05) is 7.11 Å². The first-order chi connectivity index (χ1) is 16.9. The Bertz CT molecular complexity index is 1240. The van der Waals surface area contributed by atoms with Crippen LogP contribution in [0, 0.1) is 17.4 Å². The van der Waals surface area contributed by atoms with Crippen LogP contribution in [0.5, 0.6) is 11.5 Å². The van der Waals surface area contributed by atoms with Crippen molar-refractivity contribution in [1.29, 1.82) is 0 Å². The van der Waals surface area contributed by atoms with Crippen LogP contribution in [0.3, 0.4) is 0 Å². The molecule has 1 aliphatic heterocycles. The Morgan fingerprint density at radius 2 is 1.57 bits per heavy atom. The highest BCUT2D eigenvalue weighted by Gasteiger charge is 2.42. The topological polar surface area (TPSA) is 61.8 Å². The zero-order valence-corrected chi connectivity index (χ0v) is 22.5. The van der Waals surface area contributed by atoms with E-state index < -0.39 is 5.92 Å². The Labute approximate surface area is 219 Å². The van der Waals surface area contributed by atoms with Crippen LogP contribution in [0.25, 0.3) is 0 Å². The third kappa shape index (κ3) is 4.53. The van der Waals surface area contributed by atoms with Gasteiger partial charge < -0.3 is 14.2 Å². The molecule has 0 radical (unpaired) electrons. The smallest absolute Gasteiger partial charge is 0.174 e. The summed E-state index contributed by atoms with van der Waals surface area (Å²) in [5.74, 6) is 2.47. The summed E-state index contributed by atoms with van der Waals surface area (Å²) in [6.45, 7) is 4.61. The molecule has 0 spiro atoms. The Morgan fingerprint density at radius 1 is 0.914 bits per heavy atom. The molecule has 2 aromatic rings. The van der Waals surface area contributed by atoms with E-state index in [0.29, 0.717) is 42.1 Å². The van der Waals surface area contributed by atoms with Gasteiger partial charge in [-0.05, 0) is 83.7 Å². The number of aryl methyl sites for hydroxylation is 2. The molecule has 1 heterocycles. The number of hydrogen-bond donors (Lipinski definition) is 0. The molecule has 0 unspecified atom stereocenters. The van der Waals surface area contributed by atoms with Gasteiger partial charge in [-0.15, -0.1) is 0 Å². The first-order valence-electron chi connectivity index (χ1n) is 12.1. The van der Waals surface area contributed by atoms with Gasteiger partial charge in [0.25, 0.3) is 0 Å². The molecule has 5 rings (SSSR count). The number of methoxy groups -OCH3 is 1. The molecule has 0 amide bonds. The molecule has 35 heavy (non-hydrogen) atoms. The van der Waals surface area contributed by atoms with Crippen molar-refractivity contribution in [1.82, 2.24) is 0 Å². The second-order valence-corrected chi connectivity index (χ2v) is 10.7.